The van der Waals surface area contributed by atoms with Gasteiger partial charge in [0.25, 0.3) is 0 Å². The van der Waals surface area contributed by atoms with E-state index in [9.17, 15) is 0 Å². The first-order chi connectivity index (χ1) is 7.96. The fourth-order valence-corrected chi connectivity index (χ4v) is 3.32. The summed E-state index contributed by atoms with van der Waals surface area (Å²) in [4.78, 5) is 4.12. The smallest absolute Gasteiger partial charge is 0.0718 e. The van der Waals surface area contributed by atoms with Gasteiger partial charge in [-0.3, -0.25) is 4.98 Å². The Morgan fingerprint density at radius 1 is 1.41 bits per heavy atom. The van der Waals surface area contributed by atoms with E-state index in [4.69, 9.17) is 11.6 Å². The standard InChI is InChI=1S/C14H21ClN2/c1-10-6-11(8-14(2,3)7-10)17-13-9-16-5-4-12(13)15/h4-5,9-11,17H,6-8H2,1-3H3. The van der Waals surface area contributed by atoms with E-state index < -0.39 is 0 Å². The molecule has 3 heteroatoms. The zero-order chi connectivity index (χ0) is 12.5. The third-order valence-electron chi connectivity index (χ3n) is 3.51. The van der Waals surface area contributed by atoms with Crippen LogP contribution < -0.4 is 5.32 Å². The van der Waals surface area contributed by atoms with Gasteiger partial charge in [-0.25, -0.2) is 0 Å². The molecule has 2 atom stereocenters. The Morgan fingerprint density at radius 3 is 2.82 bits per heavy atom. The van der Waals surface area contributed by atoms with Crippen molar-refractivity contribution in [3.8, 4) is 0 Å². The van der Waals surface area contributed by atoms with Gasteiger partial charge in [0.1, 0.15) is 0 Å². The van der Waals surface area contributed by atoms with Gasteiger partial charge < -0.3 is 5.32 Å². The topological polar surface area (TPSA) is 24.9 Å². The van der Waals surface area contributed by atoms with Crippen LogP contribution in [0.2, 0.25) is 5.02 Å². The summed E-state index contributed by atoms with van der Waals surface area (Å²) < 4.78 is 0. The second-order valence-electron chi connectivity index (χ2n) is 6.11. The number of aromatic nitrogens is 1. The van der Waals surface area contributed by atoms with Crippen LogP contribution in [0.25, 0.3) is 0 Å². The van der Waals surface area contributed by atoms with Crippen molar-refractivity contribution < 1.29 is 0 Å². The summed E-state index contributed by atoms with van der Waals surface area (Å²) in [6, 6.07) is 2.34. The summed E-state index contributed by atoms with van der Waals surface area (Å²) in [5.41, 5.74) is 1.38. The van der Waals surface area contributed by atoms with Gasteiger partial charge in [-0.2, -0.15) is 0 Å². The van der Waals surface area contributed by atoms with Crippen molar-refractivity contribution in [1.29, 1.82) is 0 Å². The summed E-state index contributed by atoms with van der Waals surface area (Å²) in [5, 5.41) is 4.30. The van der Waals surface area contributed by atoms with E-state index in [1.54, 1.807) is 6.20 Å². The van der Waals surface area contributed by atoms with Gasteiger partial charge >= 0.3 is 0 Å². The Labute approximate surface area is 109 Å². The maximum Gasteiger partial charge on any atom is 0.0718 e. The van der Waals surface area contributed by atoms with E-state index >= 15 is 0 Å². The summed E-state index contributed by atoms with van der Waals surface area (Å²) in [6.07, 6.45) is 7.26. The highest BCUT2D eigenvalue weighted by Crippen LogP contribution is 2.39. The molecule has 1 aromatic heterocycles. The lowest BCUT2D eigenvalue weighted by atomic mass is 9.70. The fourth-order valence-electron chi connectivity index (χ4n) is 3.16. The number of halogens is 1. The monoisotopic (exact) mass is 252 g/mol. The predicted molar refractivity (Wildman–Crippen MR) is 73.5 cm³/mol. The van der Waals surface area contributed by atoms with E-state index in [1.807, 2.05) is 12.3 Å². The zero-order valence-electron chi connectivity index (χ0n) is 10.8. The molecule has 1 fully saturated rings. The van der Waals surface area contributed by atoms with Crippen molar-refractivity contribution in [3.63, 3.8) is 0 Å². The van der Waals surface area contributed by atoms with Gasteiger partial charge in [0.15, 0.2) is 0 Å². The van der Waals surface area contributed by atoms with Crippen molar-refractivity contribution in [2.75, 3.05) is 5.32 Å². The average molecular weight is 253 g/mol. The summed E-state index contributed by atoms with van der Waals surface area (Å²) in [5.74, 6) is 0.770. The quantitative estimate of drug-likeness (QED) is 0.846. The van der Waals surface area contributed by atoms with Crippen LogP contribution in [-0.2, 0) is 0 Å². The predicted octanol–water partition coefficient (Wildman–Crippen LogP) is 4.36. The molecule has 1 aliphatic rings. The van der Waals surface area contributed by atoms with Gasteiger partial charge in [0, 0.05) is 12.2 Å². The number of nitrogens with one attached hydrogen (secondary N) is 1. The van der Waals surface area contributed by atoms with E-state index in [-0.39, 0.29) is 0 Å². The van der Waals surface area contributed by atoms with Crippen LogP contribution in [0.1, 0.15) is 40.0 Å². The van der Waals surface area contributed by atoms with E-state index in [1.165, 1.54) is 19.3 Å². The molecule has 1 aromatic rings. The number of hydrogen-bond acceptors (Lipinski definition) is 2. The maximum absolute atomic E-state index is 6.15. The molecule has 0 aromatic carbocycles. The van der Waals surface area contributed by atoms with Gasteiger partial charge in [-0.15, -0.1) is 0 Å². The van der Waals surface area contributed by atoms with Crippen molar-refractivity contribution in [3.05, 3.63) is 23.5 Å². The van der Waals surface area contributed by atoms with Crippen LogP contribution in [0, 0.1) is 11.3 Å². The van der Waals surface area contributed by atoms with Gasteiger partial charge in [0.2, 0.25) is 0 Å². The lowest BCUT2D eigenvalue weighted by molar-refractivity contribution is 0.178. The number of nitrogens with zero attached hydrogens (tertiary/aromatic N) is 1. The molecule has 2 rings (SSSR count). The highest BCUT2D eigenvalue weighted by Gasteiger charge is 2.32. The van der Waals surface area contributed by atoms with Crippen LogP contribution in [0.3, 0.4) is 0 Å². The largest absolute Gasteiger partial charge is 0.380 e. The molecule has 0 saturated heterocycles. The second-order valence-corrected chi connectivity index (χ2v) is 6.52. The molecule has 94 valence electrons. The highest BCUT2D eigenvalue weighted by molar-refractivity contribution is 6.33. The van der Waals surface area contributed by atoms with Crippen LogP contribution in [-0.4, -0.2) is 11.0 Å². The Hall–Kier alpha value is -0.760. The average Bonchev–Trinajstić information content (AvgIpc) is 2.18. The molecule has 2 unspecified atom stereocenters. The minimum atomic E-state index is 0.421. The van der Waals surface area contributed by atoms with Crippen molar-refractivity contribution >= 4 is 17.3 Å². The summed E-state index contributed by atoms with van der Waals surface area (Å²) >= 11 is 6.15. The molecule has 1 aliphatic carbocycles. The first kappa shape index (κ1) is 12.7. The molecule has 0 bridgehead atoms. The summed E-state index contributed by atoms with van der Waals surface area (Å²) in [6.45, 7) is 7.03. The lowest BCUT2D eigenvalue weighted by Crippen LogP contribution is -2.35. The van der Waals surface area contributed by atoms with Crippen LogP contribution in [0.5, 0.6) is 0 Å². The Morgan fingerprint density at radius 2 is 2.18 bits per heavy atom. The third kappa shape index (κ3) is 3.35. The number of anilines is 1. The number of rotatable bonds is 2. The molecule has 1 heterocycles. The van der Waals surface area contributed by atoms with Gasteiger partial charge in [-0.05, 0) is 36.7 Å². The van der Waals surface area contributed by atoms with E-state index in [2.05, 4.69) is 31.1 Å². The Kier molecular flexibility index (Phi) is 3.62. The maximum atomic E-state index is 6.15. The molecule has 17 heavy (non-hydrogen) atoms. The molecule has 0 radical (unpaired) electrons. The molecular weight excluding hydrogens is 232 g/mol. The summed E-state index contributed by atoms with van der Waals surface area (Å²) in [7, 11) is 0. The molecule has 2 nitrogen and oxygen atoms in total. The normalized spacial score (nSPS) is 27.8. The van der Waals surface area contributed by atoms with E-state index in [0.717, 1.165) is 16.6 Å². The molecule has 0 spiro atoms. The highest BCUT2D eigenvalue weighted by atomic mass is 35.5. The van der Waals surface area contributed by atoms with Crippen LogP contribution in [0.15, 0.2) is 18.5 Å². The zero-order valence-corrected chi connectivity index (χ0v) is 11.6. The number of pyridine rings is 1. The SMILES string of the molecule is CC1CC(Nc2cnccc2Cl)CC(C)(C)C1. The van der Waals surface area contributed by atoms with Crippen LogP contribution in [0.4, 0.5) is 5.69 Å². The number of hydrogen-bond donors (Lipinski definition) is 1. The third-order valence-corrected chi connectivity index (χ3v) is 3.84. The first-order valence-electron chi connectivity index (χ1n) is 6.32. The lowest BCUT2D eigenvalue weighted by Gasteiger charge is -2.39. The Bertz CT molecular complexity index is 390. The van der Waals surface area contributed by atoms with Crippen molar-refractivity contribution in [2.45, 2.75) is 46.1 Å². The molecule has 1 N–H and O–H groups in total. The minimum absolute atomic E-state index is 0.421. The minimum Gasteiger partial charge on any atom is -0.380 e. The molecule has 0 aliphatic heterocycles. The molecule has 1 saturated carbocycles. The van der Waals surface area contributed by atoms with Crippen molar-refractivity contribution in [2.24, 2.45) is 11.3 Å². The van der Waals surface area contributed by atoms with Gasteiger partial charge in [-0.1, -0.05) is 32.4 Å². The van der Waals surface area contributed by atoms with Gasteiger partial charge in [0.05, 0.1) is 16.9 Å². The fraction of sp³-hybridized carbons (Fsp3) is 0.643. The van der Waals surface area contributed by atoms with Crippen LogP contribution >= 0.6 is 11.6 Å². The first-order valence-corrected chi connectivity index (χ1v) is 6.70. The van der Waals surface area contributed by atoms with Crippen molar-refractivity contribution in [1.82, 2.24) is 4.98 Å². The molecular formula is C14H21ClN2. The second kappa shape index (κ2) is 4.85. The van der Waals surface area contributed by atoms with E-state index in [0.29, 0.717) is 11.5 Å². The molecule has 0 amide bonds. The Balaban J connectivity index is 2.06.